The number of hydrazone groups is 1. The molecule has 112 valence electrons. The predicted molar refractivity (Wildman–Crippen MR) is 67.4 cm³/mol. The summed E-state index contributed by atoms with van der Waals surface area (Å²) in [5, 5.41) is 30.4. The SMILES string of the molecule is CN(N=CC(C(=O)O)=C(O)C(=O)O)C(=O)OC(C)(C)C. The smallest absolute Gasteiger partial charge is 0.430 e. The Morgan fingerprint density at radius 3 is 1.95 bits per heavy atom. The second-order valence-electron chi connectivity index (χ2n) is 4.62. The van der Waals surface area contributed by atoms with Crippen molar-refractivity contribution in [1.82, 2.24) is 5.01 Å². The van der Waals surface area contributed by atoms with E-state index in [2.05, 4.69) is 5.10 Å². The summed E-state index contributed by atoms with van der Waals surface area (Å²) in [4.78, 5) is 32.7. The van der Waals surface area contributed by atoms with Crippen LogP contribution in [0.4, 0.5) is 4.79 Å². The molecule has 0 aromatic rings. The van der Waals surface area contributed by atoms with Crippen LogP contribution in [0.25, 0.3) is 0 Å². The lowest BCUT2D eigenvalue weighted by molar-refractivity contribution is -0.137. The van der Waals surface area contributed by atoms with E-state index in [-0.39, 0.29) is 0 Å². The van der Waals surface area contributed by atoms with Gasteiger partial charge < -0.3 is 20.1 Å². The molecule has 0 saturated carbocycles. The lowest BCUT2D eigenvalue weighted by atomic mass is 10.2. The first-order valence-corrected chi connectivity index (χ1v) is 5.36. The van der Waals surface area contributed by atoms with E-state index < -0.39 is 35.0 Å². The summed E-state index contributed by atoms with van der Waals surface area (Å²) in [6.07, 6.45) is -0.330. The molecule has 9 heteroatoms. The monoisotopic (exact) mass is 288 g/mol. The van der Waals surface area contributed by atoms with Crippen LogP contribution in [0.3, 0.4) is 0 Å². The van der Waals surface area contributed by atoms with Crippen molar-refractivity contribution >= 4 is 24.2 Å². The molecule has 0 radical (unpaired) electrons. The fourth-order valence-corrected chi connectivity index (χ4v) is 0.852. The Morgan fingerprint density at radius 1 is 1.10 bits per heavy atom. The van der Waals surface area contributed by atoms with Crippen LogP contribution in [-0.4, -0.2) is 57.2 Å². The molecule has 0 saturated heterocycles. The predicted octanol–water partition coefficient (Wildman–Crippen LogP) is 0.820. The lowest BCUT2D eigenvalue weighted by Crippen LogP contribution is -2.31. The fourth-order valence-electron chi connectivity index (χ4n) is 0.852. The molecule has 0 fully saturated rings. The maximum Gasteiger partial charge on any atom is 0.430 e. The lowest BCUT2D eigenvalue weighted by Gasteiger charge is -2.21. The number of hydrogen-bond acceptors (Lipinski definition) is 6. The van der Waals surface area contributed by atoms with Crippen LogP contribution in [-0.2, 0) is 14.3 Å². The molecule has 0 atom stereocenters. The second-order valence-corrected chi connectivity index (χ2v) is 4.62. The summed E-state index contributed by atoms with van der Waals surface area (Å²) in [5.74, 6) is -4.92. The fraction of sp³-hybridized carbons (Fsp3) is 0.455. The quantitative estimate of drug-likeness (QED) is 0.301. The minimum absolute atomic E-state index is 0.537. The van der Waals surface area contributed by atoms with Crippen LogP contribution >= 0.6 is 0 Å². The molecule has 0 bridgehead atoms. The average molecular weight is 288 g/mol. The van der Waals surface area contributed by atoms with E-state index in [0.717, 1.165) is 0 Å². The maximum absolute atomic E-state index is 11.5. The maximum atomic E-state index is 11.5. The first-order valence-electron chi connectivity index (χ1n) is 5.36. The van der Waals surface area contributed by atoms with Crippen molar-refractivity contribution < 1.29 is 34.4 Å². The van der Waals surface area contributed by atoms with E-state index in [9.17, 15) is 14.4 Å². The number of rotatable bonds is 4. The van der Waals surface area contributed by atoms with E-state index in [1.165, 1.54) is 7.05 Å². The Balaban J connectivity index is 5.09. The summed E-state index contributed by atoms with van der Waals surface area (Å²) >= 11 is 0. The molecule has 1 amide bonds. The van der Waals surface area contributed by atoms with Gasteiger partial charge in [0.25, 0.3) is 0 Å². The summed E-state index contributed by atoms with van der Waals surface area (Å²) in [6.45, 7) is 4.88. The van der Waals surface area contributed by atoms with E-state index in [0.29, 0.717) is 11.2 Å². The van der Waals surface area contributed by atoms with Gasteiger partial charge in [0.15, 0.2) is 0 Å². The van der Waals surface area contributed by atoms with Crippen LogP contribution in [0.5, 0.6) is 0 Å². The number of hydrogen-bond donors (Lipinski definition) is 3. The zero-order valence-electron chi connectivity index (χ0n) is 11.4. The summed E-state index contributed by atoms with van der Waals surface area (Å²) in [7, 11) is 1.18. The molecule has 0 rings (SSSR count). The summed E-state index contributed by atoms with van der Waals surface area (Å²) < 4.78 is 4.93. The molecule has 0 aromatic carbocycles. The van der Waals surface area contributed by atoms with E-state index >= 15 is 0 Å². The Kier molecular flexibility index (Phi) is 5.70. The Hall–Kier alpha value is -2.58. The van der Waals surface area contributed by atoms with Gasteiger partial charge in [-0.05, 0) is 20.8 Å². The van der Waals surface area contributed by atoms with Crippen molar-refractivity contribution in [2.45, 2.75) is 26.4 Å². The van der Waals surface area contributed by atoms with Gasteiger partial charge in [-0.2, -0.15) is 5.10 Å². The zero-order chi connectivity index (χ0) is 16.1. The first kappa shape index (κ1) is 17.4. The van der Waals surface area contributed by atoms with Gasteiger partial charge in [-0.3, -0.25) is 0 Å². The minimum atomic E-state index is -1.83. The second kappa shape index (κ2) is 6.55. The molecule has 9 nitrogen and oxygen atoms in total. The molecule has 0 aliphatic rings. The molecule has 20 heavy (non-hydrogen) atoms. The van der Waals surface area contributed by atoms with E-state index in [1.54, 1.807) is 20.8 Å². The molecule has 0 unspecified atom stereocenters. The third-order valence-electron chi connectivity index (χ3n) is 1.71. The molecule has 0 aliphatic carbocycles. The van der Waals surface area contributed by atoms with Gasteiger partial charge in [-0.1, -0.05) is 0 Å². The van der Waals surface area contributed by atoms with Gasteiger partial charge >= 0.3 is 18.0 Å². The first-order chi connectivity index (χ1) is 8.95. The van der Waals surface area contributed by atoms with Crippen LogP contribution in [0.15, 0.2) is 16.4 Å². The molecular weight excluding hydrogens is 272 g/mol. The van der Waals surface area contributed by atoms with Crippen molar-refractivity contribution in [1.29, 1.82) is 0 Å². The highest BCUT2D eigenvalue weighted by molar-refractivity contribution is 6.13. The van der Waals surface area contributed by atoms with Gasteiger partial charge in [0.05, 0.1) is 6.21 Å². The highest BCUT2D eigenvalue weighted by Crippen LogP contribution is 2.09. The highest BCUT2D eigenvalue weighted by atomic mass is 16.6. The third-order valence-corrected chi connectivity index (χ3v) is 1.71. The Morgan fingerprint density at radius 2 is 1.60 bits per heavy atom. The van der Waals surface area contributed by atoms with Crippen molar-refractivity contribution in [3.63, 3.8) is 0 Å². The van der Waals surface area contributed by atoms with Crippen molar-refractivity contribution in [3.05, 3.63) is 11.3 Å². The number of carbonyl (C=O) groups is 3. The van der Waals surface area contributed by atoms with Gasteiger partial charge in [-0.25, -0.2) is 19.4 Å². The van der Waals surface area contributed by atoms with Gasteiger partial charge in [-0.15, -0.1) is 0 Å². The molecule has 0 aromatic heterocycles. The molecule has 0 aliphatic heterocycles. The number of aliphatic hydroxyl groups excluding tert-OH is 1. The molecule has 3 N–H and O–H groups in total. The number of carboxylic acid groups (broad SMARTS) is 2. The molecule has 0 spiro atoms. The van der Waals surface area contributed by atoms with Crippen molar-refractivity contribution in [3.8, 4) is 0 Å². The largest absolute Gasteiger partial charge is 0.501 e. The van der Waals surface area contributed by atoms with Gasteiger partial charge in [0, 0.05) is 7.05 Å². The van der Waals surface area contributed by atoms with E-state index in [1.807, 2.05) is 0 Å². The molecule has 0 heterocycles. The third kappa shape index (κ3) is 5.85. The van der Waals surface area contributed by atoms with Gasteiger partial charge in [0.1, 0.15) is 11.2 Å². The van der Waals surface area contributed by atoms with Crippen molar-refractivity contribution in [2.24, 2.45) is 5.10 Å². The number of carboxylic acids is 2. The number of carbonyl (C=O) groups excluding carboxylic acids is 1. The number of amides is 1. The van der Waals surface area contributed by atoms with Crippen LogP contribution in [0, 0.1) is 0 Å². The summed E-state index contributed by atoms with van der Waals surface area (Å²) in [6, 6.07) is 0. The summed E-state index contributed by atoms with van der Waals surface area (Å²) in [5.41, 5.74) is -1.73. The minimum Gasteiger partial charge on any atom is -0.501 e. The zero-order valence-corrected chi connectivity index (χ0v) is 11.4. The number of aliphatic hydroxyl groups is 1. The number of ether oxygens (including phenoxy) is 1. The van der Waals surface area contributed by atoms with Crippen LogP contribution < -0.4 is 0 Å². The standard InChI is InChI=1S/C11H16N2O7/c1-11(2,3)20-10(19)13(4)12-5-6(8(15)16)7(14)9(17)18/h5,14H,1-4H3,(H,15,16)(H,17,18). The van der Waals surface area contributed by atoms with Gasteiger partial charge in [0.2, 0.25) is 5.76 Å². The topological polar surface area (TPSA) is 137 Å². The van der Waals surface area contributed by atoms with Crippen LogP contribution in [0.2, 0.25) is 0 Å². The highest BCUT2D eigenvalue weighted by Gasteiger charge is 2.21. The number of aliphatic carboxylic acids is 2. The number of nitrogens with zero attached hydrogens (tertiary/aromatic N) is 2. The van der Waals surface area contributed by atoms with Crippen molar-refractivity contribution in [2.75, 3.05) is 7.05 Å². The average Bonchev–Trinajstić information content (AvgIpc) is 2.25. The van der Waals surface area contributed by atoms with Crippen LogP contribution in [0.1, 0.15) is 20.8 Å². The Bertz CT molecular complexity index is 474. The molecular formula is C11H16N2O7. The van der Waals surface area contributed by atoms with E-state index in [4.69, 9.17) is 20.1 Å². The normalized spacial score (nSPS) is 12.8. The Labute approximate surface area is 114 Å².